The van der Waals surface area contributed by atoms with Gasteiger partial charge >= 0.3 is 0 Å². The summed E-state index contributed by atoms with van der Waals surface area (Å²) in [4.78, 5) is 13.5. The number of halogens is 2. The van der Waals surface area contributed by atoms with Gasteiger partial charge in [-0.2, -0.15) is 0 Å². The van der Waals surface area contributed by atoms with Gasteiger partial charge in [-0.25, -0.2) is 8.78 Å². The fourth-order valence-electron chi connectivity index (χ4n) is 3.86. The zero-order valence-corrected chi connectivity index (χ0v) is 15.0. The summed E-state index contributed by atoms with van der Waals surface area (Å²) in [7, 11) is 1.52. The van der Waals surface area contributed by atoms with Gasteiger partial charge in [-0.1, -0.05) is 0 Å². The van der Waals surface area contributed by atoms with Gasteiger partial charge in [-0.3, -0.25) is 9.69 Å². The number of nitrogens with zero attached hydrogens (tertiary/aromatic N) is 1. The Morgan fingerprint density at radius 3 is 2.62 bits per heavy atom. The van der Waals surface area contributed by atoms with Crippen molar-refractivity contribution in [2.24, 2.45) is 5.73 Å². The lowest BCUT2D eigenvalue weighted by atomic mass is 9.96. The molecule has 1 aromatic rings. The fraction of sp³-hybridized carbons (Fsp3) is 0.632. The standard InChI is InChI=1S/C19H26F2N2O3/c1-25-17-10-18(26-14-6-4-13(20)5-7-14)15(21)9-12(17)11-23-8-2-3-16(23)19(22)24/h9-10,13-14,16H,2-8,11H2,1H3,(H2,22,24). The van der Waals surface area contributed by atoms with Crippen molar-refractivity contribution < 1.29 is 23.0 Å². The number of alkyl halides is 1. The van der Waals surface area contributed by atoms with Gasteiger partial charge in [0.05, 0.1) is 19.3 Å². The quantitative estimate of drug-likeness (QED) is 0.839. The average Bonchev–Trinajstić information content (AvgIpc) is 3.07. The lowest BCUT2D eigenvalue weighted by molar-refractivity contribution is -0.122. The van der Waals surface area contributed by atoms with Crippen molar-refractivity contribution in [3.63, 3.8) is 0 Å². The van der Waals surface area contributed by atoms with Gasteiger partial charge in [-0.05, 0) is 51.1 Å². The Kier molecular flexibility index (Phi) is 5.96. The third-order valence-corrected chi connectivity index (χ3v) is 5.30. The number of benzene rings is 1. The van der Waals surface area contributed by atoms with E-state index in [2.05, 4.69) is 0 Å². The molecule has 1 atom stereocenters. The number of primary amides is 1. The Balaban J connectivity index is 1.73. The van der Waals surface area contributed by atoms with Crippen molar-refractivity contribution in [3.05, 3.63) is 23.5 Å². The summed E-state index contributed by atoms with van der Waals surface area (Å²) in [5.41, 5.74) is 6.10. The molecule has 2 fully saturated rings. The van der Waals surface area contributed by atoms with Crippen LogP contribution in [0.5, 0.6) is 11.5 Å². The molecule has 3 rings (SSSR count). The summed E-state index contributed by atoms with van der Waals surface area (Å²) in [6, 6.07) is 2.61. The summed E-state index contributed by atoms with van der Waals surface area (Å²) < 4.78 is 39.0. The third kappa shape index (κ3) is 4.26. The first kappa shape index (κ1) is 18.9. The van der Waals surface area contributed by atoms with E-state index in [0.29, 0.717) is 43.5 Å². The molecule has 1 aromatic carbocycles. The maximum atomic E-state index is 14.6. The first-order valence-electron chi connectivity index (χ1n) is 9.18. The second kappa shape index (κ2) is 8.20. The van der Waals surface area contributed by atoms with Gasteiger partial charge in [0, 0.05) is 18.2 Å². The van der Waals surface area contributed by atoms with Crippen LogP contribution in [0.25, 0.3) is 0 Å². The molecule has 1 unspecified atom stereocenters. The molecular weight excluding hydrogens is 342 g/mol. The highest BCUT2D eigenvalue weighted by Gasteiger charge is 2.30. The highest BCUT2D eigenvalue weighted by atomic mass is 19.1. The molecule has 26 heavy (non-hydrogen) atoms. The molecule has 2 aliphatic rings. The molecule has 5 nitrogen and oxygen atoms in total. The summed E-state index contributed by atoms with van der Waals surface area (Å²) in [6.07, 6.45) is 2.71. The molecule has 1 saturated heterocycles. The van der Waals surface area contributed by atoms with Crippen molar-refractivity contribution in [2.75, 3.05) is 13.7 Å². The number of likely N-dealkylation sites (tertiary alicyclic amines) is 1. The maximum absolute atomic E-state index is 14.6. The topological polar surface area (TPSA) is 64.8 Å². The van der Waals surface area contributed by atoms with Crippen molar-refractivity contribution >= 4 is 5.91 Å². The lowest BCUT2D eigenvalue weighted by Gasteiger charge is -2.26. The zero-order chi connectivity index (χ0) is 18.7. The smallest absolute Gasteiger partial charge is 0.234 e. The molecule has 0 aromatic heterocycles. The fourth-order valence-corrected chi connectivity index (χ4v) is 3.86. The van der Waals surface area contributed by atoms with E-state index in [1.54, 1.807) is 6.07 Å². The number of hydrogen-bond donors (Lipinski definition) is 1. The van der Waals surface area contributed by atoms with Crippen molar-refractivity contribution in [3.8, 4) is 11.5 Å². The highest BCUT2D eigenvalue weighted by Crippen LogP contribution is 2.33. The average molecular weight is 368 g/mol. The first-order valence-corrected chi connectivity index (χ1v) is 9.18. The van der Waals surface area contributed by atoms with Crippen molar-refractivity contribution in [1.82, 2.24) is 4.90 Å². The van der Waals surface area contributed by atoms with Gasteiger partial charge in [-0.15, -0.1) is 0 Å². The van der Waals surface area contributed by atoms with Gasteiger partial charge in [0.25, 0.3) is 0 Å². The second-order valence-corrected chi connectivity index (χ2v) is 7.12. The largest absolute Gasteiger partial charge is 0.496 e. The number of rotatable bonds is 6. The normalized spacial score (nSPS) is 26.7. The van der Waals surface area contributed by atoms with Crippen LogP contribution in [0.2, 0.25) is 0 Å². The minimum absolute atomic E-state index is 0.126. The molecular formula is C19H26F2N2O3. The van der Waals surface area contributed by atoms with Gasteiger partial charge in [0.1, 0.15) is 11.9 Å². The molecule has 1 aliphatic carbocycles. The summed E-state index contributed by atoms with van der Waals surface area (Å²) in [5, 5.41) is 0. The van der Waals surface area contributed by atoms with Crippen LogP contribution in [0.15, 0.2) is 12.1 Å². The van der Waals surface area contributed by atoms with Gasteiger partial charge < -0.3 is 15.2 Å². The Labute approximate surface area is 152 Å². The number of hydrogen-bond acceptors (Lipinski definition) is 4. The number of methoxy groups -OCH3 is 1. The molecule has 0 bridgehead atoms. The van der Waals surface area contributed by atoms with E-state index >= 15 is 0 Å². The van der Waals surface area contributed by atoms with Crippen molar-refractivity contribution in [1.29, 1.82) is 0 Å². The molecule has 0 radical (unpaired) electrons. The predicted molar refractivity (Wildman–Crippen MR) is 93.4 cm³/mol. The molecule has 0 spiro atoms. The van der Waals surface area contributed by atoms with Crippen LogP contribution >= 0.6 is 0 Å². The van der Waals surface area contributed by atoms with Crippen LogP contribution in [0, 0.1) is 5.82 Å². The number of carbonyl (C=O) groups excluding carboxylic acids is 1. The molecule has 144 valence electrons. The summed E-state index contributed by atoms with van der Waals surface area (Å²) in [5.74, 6) is -0.195. The Morgan fingerprint density at radius 2 is 1.96 bits per heavy atom. The number of carbonyl (C=O) groups is 1. The SMILES string of the molecule is COc1cc(OC2CCC(F)CC2)c(F)cc1CN1CCCC1C(N)=O. The minimum Gasteiger partial charge on any atom is -0.496 e. The third-order valence-electron chi connectivity index (χ3n) is 5.30. The molecule has 1 aliphatic heterocycles. The van der Waals surface area contributed by atoms with Crippen LogP contribution in [-0.2, 0) is 11.3 Å². The zero-order valence-electron chi connectivity index (χ0n) is 15.0. The maximum Gasteiger partial charge on any atom is 0.234 e. The Bertz CT molecular complexity index is 648. The lowest BCUT2D eigenvalue weighted by Crippen LogP contribution is -2.39. The van der Waals surface area contributed by atoms with Crippen LogP contribution in [0.3, 0.4) is 0 Å². The Hall–Kier alpha value is -1.89. The first-order chi connectivity index (χ1) is 12.5. The molecule has 1 amide bonds. The molecule has 1 saturated carbocycles. The van der Waals surface area contributed by atoms with E-state index in [0.717, 1.165) is 19.4 Å². The van der Waals surface area contributed by atoms with Crippen LogP contribution in [-0.4, -0.2) is 42.8 Å². The Morgan fingerprint density at radius 1 is 1.23 bits per heavy atom. The monoisotopic (exact) mass is 368 g/mol. The predicted octanol–water partition coefficient (Wildman–Crippen LogP) is 2.94. The van der Waals surface area contributed by atoms with Gasteiger partial charge in [0.15, 0.2) is 11.6 Å². The summed E-state index contributed by atoms with van der Waals surface area (Å²) >= 11 is 0. The van der Waals surface area contributed by atoms with E-state index in [4.69, 9.17) is 15.2 Å². The minimum atomic E-state index is -0.782. The van der Waals surface area contributed by atoms with E-state index in [1.165, 1.54) is 13.2 Å². The molecule has 2 N–H and O–H groups in total. The molecule has 7 heteroatoms. The van der Waals surface area contributed by atoms with Crippen LogP contribution in [0.4, 0.5) is 8.78 Å². The van der Waals surface area contributed by atoms with E-state index < -0.39 is 12.0 Å². The van der Waals surface area contributed by atoms with E-state index in [1.807, 2.05) is 4.90 Å². The van der Waals surface area contributed by atoms with Crippen LogP contribution in [0.1, 0.15) is 44.1 Å². The molecule has 1 heterocycles. The number of amides is 1. The van der Waals surface area contributed by atoms with Crippen LogP contribution < -0.4 is 15.2 Å². The second-order valence-electron chi connectivity index (χ2n) is 7.12. The van der Waals surface area contributed by atoms with Gasteiger partial charge in [0.2, 0.25) is 5.91 Å². The number of nitrogens with two attached hydrogens (primary N) is 1. The number of ether oxygens (including phenoxy) is 2. The van der Waals surface area contributed by atoms with E-state index in [9.17, 15) is 13.6 Å². The summed E-state index contributed by atoms with van der Waals surface area (Å²) in [6.45, 7) is 1.13. The van der Waals surface area contributed by atoms with Crippen molar-refractivity contribution in [2.45, 2.75) is 63.4 Å². The van der Waals surface area contributed by atoms with E-state index in [-0.39, 0.29) is 23.8 Å². The highest BCUT2D eigenvalue weighted by molar-refractivity contribution is 5.80.